The number of carbonyl (C=O) groups is 1. The number of hydrogen-bond acceptors (Lipinski definition) is 7. The van der Waals surface area contributed by atoms with Crippen molar-refractivity contribution in [3.8, 4) is 0 Å². The number of carbonyl (C=O) groups excluding carboxylic acids is 1. The summed E-state index contributed by atoms with van der Waals surface area (Å²) in [7, 11) is -4.83. The van der Waals surface area contributed by atoms with Crippen LogP contribution in [0.5, 0.6) is 0 Å². The van der Waals surface area contributed by atoms with Crippen molar-refractivity contribution >= 4 is 16.4 Å². The molecule has 1 heterocycles. The molecule has 0 amide bonds. The Morgan fingerprint density at radius 1 is 1.15 bits per heavy atom. The first kappa shape index (κ1) is 28.2. The summed E-state index contributed by atoms with van der Waals surface area (Å²) in [4.78, 5) is 11.6. The second-order valence-corrected chi connectivity index (χ2v) is 12.8. The average Bonchev–Trinajstić information content (AvgIpc) is 3.00. The fraction of sp³-hybridized carbons (Fsp3) is 0.800. The molecule has 0 aromatic rings. The first-order valence-electron chi connectivity index (χ1n) is 12.2. The van der Waals surface area contributed by atoms with Crippen LogP contribution in [-0.4, -0.2) is 30.3 Å². The van der Waals surface area contributed by atoms with Gasteiger partial charge in [-0.05, 0) is 90.9 Å². The van der Waals surface area contributed by atoms with E-state index in [-0.39, 0.29) is 46.3 Å². The van der Waals surface area contributed by atoms with E-state index in [2.05, 4.69) is 31.9 Å². The van der Waals surface area contributed by atoms with Gasteiger partial charge in [0.05, 0.1) is 0 Å². The van der Waals surface area contributed by atoms with E-state index in [0.717, 1.165) is 31.1 Å². The van der Waals surface area contributed by atoms with Crippen molar-refractivity contribution in [3.63, 3.8) is 0 Å². The van der Waals surface area contributed by atoms with Gasteiger partial charge in [0.15, 0.2) is 0 Å². The molecule has 186 valence electrons. The Morgan fingerprint density at radius 2 is 1.85 bits per heavy atom. The van der Waals surface area contributed by atoms with Crippen LogP contribution in [0.1, 0.15) is 85.5 Å². The zero-order valence-electron chi connectivity index (χ0n) is 21.1. The van der Waals surface area contributed by atoms with Gasteiger partial charge >= 0.3 is 35.5 Å². The number of rotatable bonds is 5. The monoisotopic (exact) mass is 504 g/mol. The molecule has 0 aromatic carbocycles. The third kappa shape index (κ3) is 5.18. The summed E-state index contributed by atoms with van der Waals surface area (Å²) in [6, 6.07) is 0. The molecule has 4 rings (SSSR count). The molecule has 4 aliphatic rings. The second kappa shape index (κ2) is 9.82. The predicted octanol–water partition coefficient (Wildman–Crippen LogP) is 1.59. The number of aliphatic hydroxyl groups is 1. The quantitative estimate of drug-likeness (QED) is 0.199. The van der Waals surface area contributed by atoms with Crippen LogP contribution in [0.25, 0.3) is 0 Å². The van der Waals surface area contributed by atoms with Crippen LogP contribution in [-0.2, 0) is 24.1 Å². The van der Waals surface area contributed by atoms with Crippen LogP contribution in [0.3, 0.4) is 0 Å². The van der Waals surface area contributed by atoms with Gasteiger partial charge in [-0.1, -0.05) is 34.1 Å². The van der Waals surface area contributed by atoms with E-state index in [1.54, 1.807) is 0 Å². The van der Waals surface area contributed by atoms with Crippen LogP contribution in [0, 0.1) is 34.0 Å². The minimum Gasteiger partial charge on any atom is -0.716 e. The largest absolute Gasteiger partial charge is 1.00 e. The molecule has 0 saturated heterocycles. The molecule has 7 nitrogen and oxygen atoms in total. The molecular weight excluding hydrogens is 467 g/mol. The number of cyclic esters (lactones) is 1. The van der Waals surface area contributed by atoms with Crippen molar-refractivity contribution < 1.29 is 61.3 Å². The Morgan fingerprint density at radius 3 is 2.47 bits per heavy atom. The van der Waals surface area contributed by atoms with Crippen molar-refractivity contribution in [1.29, 1.82) is 0 Å². The summed E-state index contributed by atoms with van der Waals surface area (Å²) in [5, 5.41) is 10.0. The molecule has 0 radical (unpaired) electrons. The van der Waals surface area contributed by atoms with E-state index in [1.165, 1.54) is 25.3 Å². The Balaban J connectivity index is 0.00000324. The average molecular weight is 505 g/mol. The molecule has 0 unspecified atom stereocenters. The van der Waals surface area contributed by atoms with Crippen molar-refractivity contribution in [2.75, 3.05) is 0 Å². The molecule has 9 heteroatoms. The van der Waals surface area contributed by atoms with Gasteiger partial charge in [0.1, 0.15) is 6.26 Å². The molecule has 0 spiro atoms. The summed E-state index contributed by atoms with van der Waals surface area (Å²) < 4.78 is 43.0. The van der Waals surface area contributed by atoms with Gasteiger partial charge in [-0.2, -0.15) is 0 Å². The number of ether oxygens (including phenoxy) is 1. The minimum atomic E-state index is -4.83. The maximum absolute atomic E-state index is 11.6. The van der Waals surface area contributed by atoms with Crippen LogP contribution < -0.4 is 29.6 Å². The van der Waals surface area contributed by atoms with Gasteiger partial charge in [0, 0.05) is 11.6 Å². The number of fused-ring (bicyclic) bond motifs is 3. The van der Waals surface area contributed by atoms with Gasteiger partial charge in [0.2, 0.25) is 6.29 Å². The zero-order valence-corrected chi connectivity index (χ0v) is 23.9. The molecule has 1 aliphatic heterocycles. The molecule has 0 bridgehead atoms. The maximum Gasteiger partial charge on any atom is 1.00 e. The Labute approximate surface area is 226 Å². The molecule has 1 N–H and O–H groups in total. The fourth-order valence-electron chi connectivity index (χ4n) is 8.40. The van der Waals surface area contributed by atoms with E-state index in [0.29, 0.717) is 42.1 Å². The number of allylic oxidation sites excluding steroid dienone is 1. The first-order chi connectivity index (χ1) is 15.3. The molecule has 3 saturated carbocycles. The van der Waals surface area contributed by atoms with E-state index in [1.807, 2.05) is 0 Å². The number of aliphatic hydroxyl groups excluding tert-OH is 1. The Hall–Kier alpha value is -0.380. The summed E-state index contributed by atoms with van der Waals surface area (Å²) >= 11 is 0. The van der Waals surface area contributed by atoms with Crippen molar-refractivity contribution in [3.05, 3.63) is 23.5 Å². The van der Waals surface area contributed by atoms with E-state index >= 15 is 0 Å². The molecular formula is C25H37NaO7S. The van der Waals surface area contributed by atoms with E-state index in [4.69, 9.17) is 4.74 Å². The van der Waals surface area contributed by atoms with Crippen molar-refractivity contribution in [1.82, 2.24) is 0 Å². The van der Waals surface area contributed by atoms with Crippen molar-refractivity contribution in [2.45, 2.75) is 91.8 Å². The van der Waals surface area contributed by atoms with Gasteiger partial charge in [0.25, 0.3) is 10.4 Å². The van der Waals surface area contributed by atoms with Crippen LogP contribution in [0.2, 0.25) is 0 Å². The fourth-order valence-corrected chi connectivity index (χ4v) is 8.64. The SMILES string of the molecule is CC1(C)CCC[C@]2(C)[C@H]3CC/C(=C\OS(=O)(=O)[O-])[C@H](CCC4=CC(=O)O[C@@H]4O)[C@@]3(C)CC[C@@H]12.[Na+]. The molecule has 3 fully saturated rings. The summed E-state index contributed by atoms with van der Waals surface area (Å²) in [5.74, 6) is 0.560. The van der Waals surface area contributed by atoms with Gasteiger partial charge < -0.3 is 18.6 Å². The van der Waals surface area contributed by atoms with Crippen LogP contribution >= 0.6 is 0 Å². The molecule has 0 aromatic heterocycles. The van der Waals surface area contributed by atoms with E-state index in [9.17, 15) is 22.9 Å². The predicted molar refractivity (Wildman–Crippen MR) is 121 cm³/mol. The summed E-state index contributed by atoms with van der Waals surface area (Å²) in [5.41, 5.74) is 1.80. The molecule has 6 atom stereocenters. The smallest absolute Gasteiger partial charge is 0.716 e. The molecule has 3 aliphatic carbocycles. The first-order valence-corrected chi connectivity index (χ1v) is 13.5. The Kier molecular flexibility index (Phi) is 8.15. The summed E-state index contributed by atoms with van der Waals surface area (Å²) in [6.07, 6.45) is 9.81. The zero-order chi connectivity index (χ0) is 24.2. The maximum atomic E-state index is 11.6. The normalized spacial score (nSPS) is 40.5. The van der Waals surface area contributed by atoms with Gasteiger partial charge in [-0.3, -0.25) is 0 Å². The van der Waals surface area contributed by atoms with Crippen LogP contribution in [0.4, 0.5) is 0 Å². The second-order valence-electron chi connectivity index (χ2n) is 11.8. The summed E-state index contributed by atoms with van der Waals surface area (Å²) in [6.45, 7) is 9.58. The third-order valence-corrected chi connectivity index (χ3v) is 10.0. The number of esters is 1. The minimum absolute atomic E-state index is 0. The molecule has 34 heavy (non-hydrogen) atoms. The Bertz CT molecular complexity index is 972. The van der Waals surface area contributed by atoms with Crippen LogP contribution in [0.15, 0.2) is 23.5 Å². The topological polar surface area (TPSA) is 113 Å². The van der Waals surface area contributed by atoms with Gasteiger partial charge in [-0.15, -0.1) is 0 Å². The van der Waals surface area contributed by atoms with Gasteiger partial charge in [-0.25, -0.2) is 13.2 Å². The standard InChI is InChI=1S/C25H38O7S.Na/c1-23(2)11-5-12-25(4)19(23)10-13-24(3)18(8-6-16-14-21(26)32-22(16)27)17(7-9-20(24)25)15-31-33(28,29)30;/h14-15,18-20,22,27H,5-13H2,1-4H3,(H,28,29,30);/q;+1/p-1/b17-15+;/t18-,19-,20-,22-,24+,25-;/m0./s1. The number of hydrogen-bond donors (Lipinski definition) is 1. The van der Waals surface area contributed by atoms with E-state index < -0.39 is 22.7 Å². The van der Waals surface area contributed by atoms with Crippen molar-refractivity contribution in [2.24, 2.45) is 34.0 Å². The third-order valence-electron chi connectivity index (χ3n) is 9.69.